The second-order valence-electron chi connectivity index (χ2n) is 3.15. The van der Waals surface area contributed by atoms with Crippen LogP contribution in [-0.4, -0.2) is 23.9 Å². The number of nitrogens with one attached hydrogen (secondary N) is 1. The SMILES string of the molecule is C=C(C)C(=O)OC(=O)[C@@H]1CCC(=O)N1. The molecule has 1 aliphatic rings. The second-order valence-corrected chi connectivity index (χ2v) is 3.15. The summed E-state index contributed by atoms with van der Waals surface area (Å²) in [6.07, 6.45) is 0.669. The lowest BCUT2D eigenvalue weighted by molar-refractivity contribution is -0.158. The van der Waals surface area contributed by atoms with E-state index in [0.717, 1.165) is 0 Å². The molecule has 1 amide bonds. The highest BCUT2D eigenvalue weighted by Gasteiger charge is 2.29. The fourth-order valence-corrected chi connectivity index (χ4v) is 1.04. The first kappa shape index (κ1) is 10.4. The molecule has 0 unspecified atom stereocenters. The van der Waals surface area contributed by atoms with E-state index in [9.17, 15) is 14.4 Å². The number of carbonyl (C=O) groups is 3. The van der Waals surface area contributed by atoms with Gasteiger partial charge in [-0.25, -0.2) is 9.59 Å². The number of ether oxygens (including phenoxy) is 1. The minimum absolute atomic E-state index is 0.155. The van der Waals surface area contributed by atoms with Gasteiger partial charge >= 0.3 is 11.9 Å². The van der Waals surface area contributed by atoms with Gasteiger partial charge in [0.15, 0.2) is 0 Å². The third-order valence-corrected chi connectivity index (χ3v) is 1.82. The van der Waals surface area contributed by atoms with Gasteiger partial charge in [-0.3, -0.25) is 4.79 Å². The molecule has 0 aromatic heterocycles. The first-order valence-corrected chi connectivity index (χ1v) is 4.21. The van der Waals surface area contributed by atoms with E-state index in [1.165, 1.54) is 6.92 Å². The Morgan fingerprint density at radius 3 is 2.64 bits per heavy atom. The molecule has 0 bridgehead atoms. The summed E-state index contributed by atoms with van der Waals surface area (Å²) in [7, 11) is 0. The molecule has 1 aliphatic heterocycles. The van der Waals surface area contributed by atoms with E-state index in [1.807, 2.05) is 0 Å². The highest BCUT2D eigenvalue weighted by Crippen LogP contribution is 2.08. The summed E-state index contributed by atoms with van der Waals surface area (Å²) in [6.45, 7) is 4.78. The topological polar surface area (TPSA) is 72.5 Å². The maximum atomic E-state index is 11.2. The van der Waals surface area contributed by atoms with Crippen molar-refractivity contribution >= 4 is 17.8 Å². The molecule has 0 aromatic rings. The molecule has 0 spiro atoms. The van der Waals surface area contributed by atoms with Crippen LogP contribution in [-0.2, 0) is 19.1 Å². The van der Waals surface area contributed by atoms with E-state index in [4.69, 9.17) is 0 Å². The van der Waals surface area contributed by atoms with Gasteiger partial charge in [0.2, 0.25) is 5.91 Å². The van der Waals surface area contributed by atoms with Gasteiger partial charge in [0, 0.05) is 12.0 Å². The van der Waals surface area contributed by atoms with Gasteiger partial charge in [0.05, 0.1) is 0 Å². The molecular weight excluding hydrogens is 186 g/mol. The molecule has 1 fully saturated rings. The highest BCUT2D eigenvalue weighted by atomic mass is 16.6. The molecule has 1 heterocycles. The molecular formula is C9H11NO4. The van der Waals surface area contributed by atoms with Gasteiger partial charge in [-0.2, -0.15) is 0 Å². The Hall–Kier alpha value is -1.65. The van der Waals surface area contributed by atoms with Crippen LogP contribution in [0.1, 0.15) is 19.8 Å². The van der Waals surface area contributed by atoms with Crippen molar-refractivity contribution in [1.29, 1.82) is 0 Å². The minimum atomic E-state index is -0.754. The largest absolute Gasteiger partial charge is 0.388 e. The van der Waals surface area contributed by atoms with Crippen LogP contribution in [0.15, 0.2) is 12.2 Å². The average Bonchev–Trinajstić information content (AvgIpc) is 2.51. The van der Waals surface area contributed by atoms with Crippen molar-refractivity contribution in [2.75, 3.05) is 0 Å². The fraction of sp³-hybridized carbons (Fsp3) is 0.444. The number of hydrogen-bond acceptors (Lipinski definition) is 4. The van der Waals surface area contributed by atoms with Gasteiger partial charge in [-0.1, -0.05) is 6.58 Å². The summed E-state index contributed by atoms with van der Waals surface area (Å²) in [5, 5.41) is 2.40. The molecule has 0 aliphatic carbocycles. The fourth-order valence-electron chi connectivity index (χ4n) is 1.04. The van der Waals surface area contributed by atoms with Crippen LogP contribution in [0.2, 0.25) is 0 Å². The Bertz CT molecular complexity index is 308. The van der Waals surface area contributed by atoms with Crippen molar-refractivity contribution in [3.8, 4) is 0 Å². The Labute approximate surface area is 81.1 Å². The molecule has 14 heavy (non-hydrogen) atoms. The van der Waals surface area contributed by atoms with Crippen LogP contribution in [0.3, 0.4) is 0 Å². The summed E-state index contributed by atoms with van der Waals surface area (Å²) < 4.78 is 4.45. The number of amides is 1. The van der Waals surface area contributed by atoms with Gasteiger partial charge in [0.1, 0.15) is 6.04 Å². The third-order valence-electron chi connectivity index (χ3n) is 1.82. The summed E-state index contributed by atoms with van der Waals surface area (Å²) in [6, 6.07) is -0.689. The van der Waals surface area contributed by atoms with E-state index in [2.05, 4.69) is 16.6 Å². The smallest absolute Gasteiger partial charge is 0.340 e. The number of esters is 2. The van der Waals surface area contributed by atoms with Crippen molar-refractivity contribution in [2.24, 2.45) is 0 Å². The lowest BCUT2D eigenvalue weighted by Crippen LogP contribution is -2.35. The van der Waals surface area contributed by atoms with Crippen molar-refractivity contribution < 1.29 is 19.1 Å². The van der Waals surface area contributed by atoms with E-state index in [1.54, 1.807) is 0 Å². The lowest BCUT2D eigenvalue weighted by atomic mass is 10.2. The van der Waals surface area contributed by atoms with E-state index in [0.29, 0.717) is 12.8 Å². The molecule has 0 aromatic carbocycles. The number of rotatable bonds is 2. The zero-order chi connectivity index (χ0) is 10.7. The first-order chi connectivity index (χ1) is 6.50. The van der Waals surface area contributed by atoms with Crippen LogP contribution in [0, 0.1) is 0 Å². The molecule has 1 atom stereocenters. The van der Waals surface area contributed by atoms with Gasteiger partial charge < -0.3 is 10.1 Å². The Morgan fingerprint density at radius 2 is 2.21 bits per heavy atom. The summed E-state index contributed by atoms with van der Waals surface area (Å²) in [5.41, 5.74) is 0.155. The van der Waals surface area contributed by atoms with Crippen molar-refractivity contribution in [1.82, 2.24) is 5.32 Å². The van der Waals surface area contributed by atoms with Crippen molar-refractivity contribution in [3.63, 3.8) is 0 Å². The maximum absolute atomic E-state index is 11.2. The standard InChI is InChI=1S/C9H11NO4/c1-5(2)8(12)14-9(13)6-3-4-7(11)10-6/h6H,1,3-4H2,2H3,(H,10,11)/t6-/m0/s1. The van der Waals surface area contributed by atoms with E-state index in [-0.39, 0.29) is 11.5 Å². The first-order valence-electron chi connectivity index (χ1n) is 4.21. The molecule has 76 valence electrons. The van der Waals surface area contributed by atoms with Crippen LogP contribution in [0.25, 0.3) is 0 Å². The van der Waals surface area contributed by atoms with E-state index < -0.39 is 18.0 Å². The Morgan fingerprint density at radius 1 is 1.57 bits per heavy atom. The monoisotopic (exact) mass is 197 g/mol. The molecule has 1 N–H and O–H groups in total. The second kappa shape index (κ2) is 4.04. The van der Waals surface area contributed by atoms with Crippen molar-refractivity contribution in [2.45, 2.75) is 25.8 Å². The van der Waals surface area contributed by atoms with Crippen LogP contribution in [0.5, 0.6) is 0 Å². The average molecular weight is 197 g/mol. The lowest BCUT2D eigenvalue weighted by Gasteiger charge is -2.07. The molecule has 0 saturated carbocycles. The van der Waals surface area contributed by atoms with Crippen LogP contribution < -0.4 is 5.32 Å². The normalized spacial score (nSPS) is 20.1. The van der Waals surface area contributed by atoms with Gasteiger partial charge in [0.25, 0.3) is 0 Å². The molecule has 5 nitrogen and oxygen atoms in total. The third kappa shape index (κ3) is 2.42. The van der Waals surface area contributed by atoms with E-state index >= 15 is 0 Å². The van der Waals surface area contributed by atoms with Crippen molar-refractivity contribution in [3.05, 3.63) is 12.2 Å². The zero-order valence-electron chi connectivity index (χ0n) is 7.83. The van der Waals surface area contributed by atoms with Gasteiger partial charge in [-0.15, -0.1) is 0 Å². The van der Waals surface area contributed by atoms with Crippen LogP contribution >= 0.6 is 0 Å². The molecule has 5 heteroatoms. The summed E-state index contributed by atoms with van der Waals surface area (Å²) in [4.78, 5) is 32.9. The van der Waals surface area contributed by atoms with Crippen LogP contribution in [0.4, 0.5) is 0 Å². The predicted molar refractivity (Wildman–Crippen MR) is 47.1 cm³/mol. The highest BCUT2D eigenvalue weighted by molar-refractivity contribution is 5.98. The summed E-state index contributed by atoms with van der Waals surface area (Å²) in [5.74, 6) is -1.67. The Kier molecular flexibility index (Phi) is 3.01. The number of carbonyl (C=O) groups excluding carboxylic acids is 3. The maximum Gasteiger partial charge on any atom is 0.340 e. The minimum Gasteiger partial charge on any atom is -0.388 e. The molecule has 1 rings (SSSR count). The molecule has 0 radical (unpaired) electrons. The van der Waals surface area contributed by atoms with Gasteiger partial charge in [-0.05, 0) is 13.3 Å². The predicted octanol–water partition coefficient (Wildman–Crippen LogP) is -0.0891. The summed E-state index contributed by atoms with van der Waals surface area (Å²) >= 11 is 0. The number of hydrogen-bond donors (Lipinski definition) is 1. The molecule has 1 saturated heterocycles. The Balaban J connectivity index is 2.47. The quantitative estimate of drug-likeness (QED) is 0.381. The zero-order valence-corrected chi connectivity index (χ0v) is 7.83.